The highest BCUT2D eigenvalue weighted by atomic mass is 32.2. The van der Waals surface area contributed by atoms with Gasteiger partial charge in [-0.25, -0.2) is 8.42 Å². The number of sulfonamides is 1. The lowest BCUT2D eigenvalue weighted by atomic mass is 10.0. The van der Waals surface area contributed by atoms with Gasteiger partial charge in [0, 0.05) is 18.7 Å². The van der Waals surface area contributed by atoms with Crippen LogP contribution >= 0.6 is 0 Å². The Morgan fingerprint density at radius 3 is 2.17 bits per heavy atom. The Kier molecular flexibility index (Phi) is 4.84. The molecular formula is C15H15N3O5S. The van der Waals surface area contributed by atoms with E-state index in [0.29, 0.717) is 16.8 Å². The molecule has 0 aliphatic heterocycles. The molecule has 0 aliphatic carbocycles. The van der Waals surface area contributed by atoms with Gasteiger partial charge in [0.2, 0.25) is 15.9 Å². The number of nitrogens with one attached hydrogen (secondary N) is 2. The van der Waals surface area contributed by atoms with Gasteiger partial charge in [-0.05, 0) is 29.3 Å². The molecule has 0 saturated heterocycles. The summed E-state index contributed by atoms with van der Waals surface area (Å²) in [6.07, 6.45) is 1.05. The normalized spacial score (nSPS) is 10.9. The highest BCUT2D eigenvalue weighted by Gasteiger charge is 2.16. The Bertz CT molecular complexity index is 892. The molecule has 0 spiro atoms. The second-order valence-corrected chi connectivity index (χ2v) is 6.87. The van der Waals surface area contributed by atoms with Crippen molar-refractivity contribution in [3.8, 4) is 11.1 Å². The Balaban J connectivity index is 2.37. The molecule has 9 heteroatoms. The molecule has 0 heterocycles. The van der Waals surface area contributed by atoms with Gasteiger partial charge in [-0.1, -0.05) is 18.2 Å². The molecule has 2 aromatic rings. The van der Waals surface area contributed by atoms with Crippen LogP contribution in [0.25, 0.3) is 11.1 Å². The molecule has 2 aromatic carbocycles. The first-order chi connectivity index (χ1) is 11.2. The van der Waals surface area contributed by atoms with Crippen LogP contribution in [-0.2, 0) is 14.8 Å². The molecule has 0 saturated carbocycles. The van der Waals surface area contributed by atoms with E-state index in [4.69, 9.17) is 0 Å². The second-order valence-electron chi connectivity index (χ2n) is 5.12. The lowest BCUT2D eigenvalue weighted by Crippen LogP contribution is -2.09. The molecule has 0 atom stereocenters. The Morgan fingerprint density at radius 1 is 1.08 bits per heavy atom. The third-order valence-corrected chi connectivity index (χ3v) is 3.63. The fourth-order valence-corrected chi connectivity index (χ4v) is 2.67. The van der Waals surface area contributed by atoms with Crippen LogP contribution in [0.3, 0.4) is 0 Å². The van der Waals surface area contributed by atoms with Gasteiger partial charge in [-0.2, -0.15) is 0 Å². The summed E-state index contributed by atoms with van der Waals surface area (Å²) in [5.41, 5.74) is 1.53. The number of amides is 1. The molecule has 0 radical (unpaired) electrons. The van der Waals surface area contributed by atoms with Crippen LogP contribution in [0.2, 0.25) is 0 Å². The van der Waals surface area contributed by atoms with E-state index in [1.165, 1.54) is 19.1 Å². The minimum Gasteiger partial charge on any atom is -0.321 e. The topological polar surface area (TPSA) is 118 Å². The van der Waals surface area contributed by atoms with Crippen molar-refractivity contribution in [2.75, 3.05) is 16.3 Å². The SMILES string of the molecule is CC(=O)Nc1ccc(-c2ccc(NS(C)(=O)=O)cc2)cc1[N+](=O)[O-]. The maximum absolute atomic E-state index is 11.2. The maximum Gasteiger partial charge on any atom is 0.293 e. The maximum atomic E-state index is 11.2. The van der Waals surface area contributed by atoms with Crippen LogP contribution in [0.5, 0.6) is 0 Å². The Hall–Kier alpha value is -2.94. The Labute approximate surface area is 138 Å². The molecule has 126 valence electrons. The number of carbonyl (C=O) groups excluding carboxylic acids is 1. The van der Waals surface area contributed by atoms with E-state index in [1.54, 1.807) is 30.3 Å². The van der Waals surface area contributed by atoms with Crippen molar-refractivity contribution in [1.82, 2.24) is 0 Å². The molecule has 0 bridgehead atoms. The van der Waals surface area contributed by atoms with Gasteiger partial charge < -0.3 is 5.32 Å². The summed E-state index contributed by atoms with van der Waals surface area (Å²) in [6, 6.07) is 10.8. The summed E-state index contributed by atoms with van der Waals surface area (Å²) < 4.78 is 24.7. The van der Waals surface area contributed by atoms with Gasteiger partial charge in [0.05, 0.1) is 11.2 Å². The summed E-state index contributed by atoms with van der Waals surface area (Å²) >= 11 is 0. The van der Waals surface area contributed by atoms with Crippen LogP contribution in [0.15, 0.2) is 42.5 Å². The summed E-state index contributed by atoms with van der Waals surface area (Å²) in [4.78, 5) is 21.7. The number of benzene rings is 2. The van der Waals surface area contributed by atoms with E-state index in [2.05, 4.69) is 10.0 Å². The van der Waals surface area contributed by atoms with Gasteiger partial charge in [0.1, 0.15) is 5.69 Å². The van der Waals surface area contributed by atoms with E-state index in [-0.39, 0.29) is 11.4 Å². The van der Waals surface area contributed by atoms with E-state index in [0.717, 1.165) is 6.26 Å². The second kappa shape index (κ2) is 6.67. The lowest BCUT2D eigenvalue weighted by Gasteiger charge is -2.08. The van der Waals surface area contributed by atoms with Crippen LogP contribution in [0, 0.1) is 10.1 Å². The van der Waals surface area contributed by atoms with Crippen molar-refractivity contribution in [3.63, 3.8) is 0 Å². The Morgan fingerprint density at radius 2 is 1.67 bits per heavy atom. The van der Waals surface area contributed by atoms with Crippen LogP contribution in [0.1, 0.15) is 6.92 Å². The number of anilines is 2. The quantitative estimate of drug-likeness (QED) is 0.635. The minimum atomic E-state index is -3.37. The minimum absolute atomic E-state index is 0.117. The molecule has 0 aliphatic rings. The van der Waals surface area contributed by atoms with Crippen molar-refractivity contribution >= 4 is 33.0 Å². The number of nitro groups is 1. The van der Waals surface area contributed by atoms with Crippen molar-refractivity contribution in [2.24, 2.45) is 0 Å². The lowest BCUT2D eigenvalue weighted by molar-refractivity contribution is -0.383. The van der Waals surface area contributed by atoms with Crippen LogP contribution < -0.4 is 10.0 Å². The number of hydrogen-bond acceptors (Lipinski definition) is 5. The number of carbonyl (C=O) groups is 1. The molecule has 2 N–H and O–H groups in total. The molecule has 0 unspecified atom stereocenters. The van der Waals surface area contributed by atoms with E-state index < -0.39 is 20.9 Å². The highest BCUT2D eigenvalue weighted by molar-refractivity contribution is 7.92. The van der Waals surface area contributed by atoms with Gasteiger partial charge in [0.15, 0.2) is 0 Å². The molecule has 24 heavy (non-hydrogen) atoms. The van der Waals surface area contributed by atoms with Gasteiger partial charge >= 0.3 is 0 Å². The fourth-order valence-electron chi connectivity index (χ4n) is 2.10. The summed E-state index contributed by atoms with van der Waals surface area (Å²) in [5, 5.41) is 13.6. The van der Waals surface area contributed by atoms with Gasteiger partial charge in [0.25, 0.3) is 5.69 Å². The van der Waals surface area contributed by atoms with Crippen LogP contribution in [0.4, 0.5) is 17.1 Å². The van der Waals surface area contributed by atoms with Crippen molar-refractivity contribution < 1.29 is 18.1 Å². The predicted octanol–water partition coefficient (Wildman–Crippen LogP) is 2.59. The molecule has 0 fully saturated rings. The van der Waals surface area contributed by atoms with Gasteiger partial charge in [-0.15, -0.1) is 0 Å². The zero-order valence-electron chi connectivity index (χ0n) is 12.9. The molecule has 1 amide bonds. The zero-order chi connectivity index (χ0) is 17.9. The standard InChI is InChI=1S/C15H15N3O5S/c1-10(19)16-14-8-5-12(9-15(14)18(20)21)11-3-6-13(7-4-11)17-24(2,22)23/h3-9,17H,1-2H3,(H,16,19). The molecule has 2 rings (SSSR count). The first-order valence-corrected chi connectivity index (χ1v) is 8.69. The first kappa shape index (κ1) is 17.4. The van der Waals surface area contributed by atoms with Crippen molar-refractivity contribution in [1.29, 1.82) is 0 Å². The average Bonchev–Trinajstić information content (AvgIpc) is 2.46. The number of rotatable bonds is 5. The summed E-state index contributed by atoms with van der Waals surface area (Å²) in [6.45, 7) is 1.27. The van der Waals surface area contributed by atoms with Gasteiger partial charge in [-0.3, -0.25) is 19.6 Å². The third kappa shape index (κ3) is 4.53. The molecular weight excluding hydrogens is 334 g/mol. The fraction of sp³-hybridized carbons (Fsp3) is 0.133. The number of nitro benzene ring substituents is 1. The van der Waals surface area contributed by atoms with Crippen molar-refractivity contribution in [3.05, 3.63) is 52.6 Å². The largest absolute Gasteiger partial charge is 0.321 e. The number of nitrogens with zero attached hydrogens (tertiary/aromatic N) is 1. The smallest absolute Gasteiger partial charge is 0.293 e. The third-order valence-electron chi connectivity index (χ3n) is 3.03. The molecule has 8 nitrogen and oxygen atoms in total. The van der Waals surface area contributed by atoms with E-state index >= 15 is 0 Å². The number of hydrogen-bond donors (Lipinski definition) is 2. The van der Waals surface area contributed by atoms with Crippen molar-refractivity contribution in [2.45, 2.75) is 6.92 Å². The van der Waals surface area contributed by atoms with E-state index in [1.807, 2.05) is 0 Å². The van der Waals surface area contributed by atoms with Crippen LogP contribution in [-0.4, -0.2) is 25.5 Å². The average molecular weight is 349 g/mol. The van der Waals surface area contributed by atoms with E-state index in [9.17, 15) is 23.3 Å². The predicted molar refractivity (Wildman–Crippen MR) is 91.3 cm³/mol. The zero-order valence-corrected chi connectivity index (χ0v) is 13.8. The first-order valence-electron chi connectivity index (χ1n) is 6.80. The highest BCUT2D eigenvalue weighted by Crippen LogP contribution is 2.31. The summed E-state index contributed by atoms with van der Waals surface area (Å²) in [7, 11) is -3.37. The summed E-state index contributed by atoms with van der Waals surface area (Å²) in [5.74, 6) is -0.401. The molecule has 0 aromatic heterocycles. The monoisotopic (exact) mass is 349 g/mol.